The number of hydrogen-bond donors (Lipinski definition) is 2. The first-order chi connectivity index (χ1) is 17.7. The lowest BCUT2D eigenvalue weighted by atomic mass is 9.70. The van der Waals surface area contributed by atoms with Crippen LogP contribution in [0.5, 0.6) is 0 Å². The number of H-pyrrole nitrogens is 1. The maximum atomic E-state index is 14.0. The highest BCUT2D eigenvalue weighted by Gasteiger charge is 2.50. The van der Waals surface area contributed by atoms with Gasteiger partial charge in [0, 0.05) is 32.6 Å². The van der Waals surface area contributed by atoms with Gasteiger partial charge in [-0.05, 0) is 81.5 Å². The minimum Gasteiger partial charge on any atom is -0.463 e. The van der Waals surface area contributed by atoms with Crippen LogP contribution >= 0.6 is 0 Å². The van der Waals surface area contributed by atoms with Crippen LogP contribution < -0.4 is 0 Å². The van der Waals surface area contributed by atoms with Crippen molar-refractivity contribution in [3.8, 4) is 5.69 Å². The van der Waals surface area contributed by atoms with Crippen molar-refractivity contribution in [1.82, 2.24) is 14.8 Å². The van der Waals surface area contributed by atoms with Crippen LogP contribution in [-0.4, -0.2) is 42.2 Å². The van der Waals surface area contributed by atoms with Crippen molar-refractivity contribution in [1.29, 1.82) is 0 Å². The third-order valence-electron chi connectivity index (χ3n) is 7.84. The second kappa shape index (κ2) is 9.97. The number of ether oxygens (including phenoxy) is 1. The van der Waals surface area contributed by atoms with Gasteiger partial charge in [0.25, 0.3) is 0 Å². The van der Waals surface area contributed by atoms with Crippen LogP contribution in [0.4, 0.5) is 4.39 Å². The predicted molar refractivity (Wildman–Crippen MR) is 154 cm³/mol. The maximum Gasteiger partial charge on any atom is 0.309 e. The largest absolute Gasteiger partial charge is 0.463 e. The smallest absolute Gasteiger partial charge is 0.309 e. The van der Waals surface area contributed by atoms with E-state index < -0.39 is 10.6 Å². The maximum absolute atomic E-state index is 14.0. The SMILES string of the molecule is CC(C)OC(=O)C([SiH3])(C(C)C)C(c1c(C(C)(C)O)n(-c2ccc(F)cc2)c2cc3cn[nH]c3cc12)C(C)C. The Labute approximate surface area is 227 Å². The number of rotatable bonds is 8. The number of fused-ring (bicyclic) bond motifs is 2. The van der Waals surface area contributed by atoms with Gasteiger partial charge in [-0.2, -0.15) is 5.10 Å². The van der Waals surface area contributed by atoms with Gasteiger partial charge in [-0.1, -0.05) is 27.7 Å². The Hall–Kier alpha value is -2.97. The molecule has 0 bridgehead atoms. The second-order valence-corrected chi connectivity index (χ2v) is 13.7. The predicted octanol–water partition coefficient (Wildman–Crippen LogP) is 5.74. The van der Waals surface area contributed by atoms with Gasteiger partial charge >= 0.3 is 5.97 Å². The number of carbonyl (C=O) groups excluding carboxylic acids is 1. The number of benzene rings is 2. The summed E-state index contributed by atoms with van der Waals surface area (Å²) in [4.78, 5) is 13.9. The van der Waals surface area contributed by atoms with Crippen molar-refractivity contribution in [2.45, 2.75) is 78.1 Å². The van der Waals surface area contributed by atoms with E-state index in [0.29, 0.717) is 15.9 Å². The molecule has 38 heavy (non-hydrogen) atoms. The molecule has 0 fully saturated rings. The quantitative estimate of drug-likeness (QED) is 0.222. The zero-order chi connectivity index (χ0) is 28.2. The number of carbonyl (C=O) groups is 1. The number of halogens is 1. The van der Waals surface area contributed by atoms with Crippen LogP contribution in [0.25, 0.3) is 27.5 Å². The second-order valence-electron chi connectivity index (χ2n) is 12.1. The van der Waals surface area contributed by atoms with E-state index in [1.165, 1.54) is 12.1 Å². The van der Waals surface area contributed by atoms with Crippen LogP contribution in [-0.2, 0) is 15.1 Å². The summed E-state index contributed by atoms with van der Waals surface area (Å²) in [5, 5.41) is 20.2. The Morgan fingerprint density at radius 3 is 2.26 bits per heavy atom. The third-order valence-corrected chi connectivity index (χ3v) is 10.0. The molecule has 0 spiro atoms. The minimum absolute atomic E-state index is 0.00239. The Morgan fingerprint density at radius 2 is 1.74 bits per heavy atom. The van der Waals surface area contributed by atoms with Gasteiger partial charge < -0.3 is 14.4 Å². The molecule has 2 aromatic heterocycles. The summed E-state index contributed by atoms with van der Waals surface area (Å²) in [6.45, 7) is 15.7. The molecular formula is C30H40FN3O3Si. The Balaban J connectivity index is 2.20. The van der Waals surface area contributed by atoms with E-state index in [2.05, 4.69) is 44.0 Å². The summed E-state index contributed by atoms with van der Waals surface area (Å²) >= 11 is 0. The molecule has 2 atom stereocenters. The Bertz CT molecular complexity index is 1460. The standard InChI is InChI=1S/C30H40FN3O3Si/c1-16(2)26(30(38,17(3)4)28(35)37-18(5)6)25-22-14-23-19(15-32-33-23)13-24(22)34(27(25)29(7,8)36)21-11-9-20(31)10-12-21/h9-18,26,36H,1-8,38H3,(H,32,33). The molecule has 0 radical (unpaired) electrons. The van der Waals surface area contributed by atoms with Crippen molar-refractivity contribution >= 4 is 38.0 Å². The topological polar surface area (TPSA) is 80.1 Å². The van der Waals surface area contributed by atoms with Gasteiger partial charge in [0.1, 0.15) is 5.82 Å². The molecule has 4 aromatic rings. The van der Waals surface area contributed by atoms with Gasteiger partial charge in [0.05, 0.1) is 39.7 Å². The lowest BCUT2D eigenvalue weighted by Gasteiger charge is -2.43. The van der Waals surface area contributed by atoms with E-state index in [1.807, 2.05) is 24.5 Å². The van der Waals surface area contributed by atoms with Gasteiger partial charge in [0.15, 0.2) is 0 Å². The fraction of sp³-hybridized carbons (Fsp3) is 0.467. The van der Waals surface area contributed by atoms with E-state index >= 15 is 0 Å². The molecule has 6 nitrogen and oxygen atoms in total. The number of hydrogen-bond acceptors (Lipinski definition) is 4. The van der Waals surface area contributed by atoms with Crippen molar-refractivity contribution in [3.05, 3.63) is 59.7 Å². The molecule has 2 N–H and O–H groups in total. The van der Waals surface area contributed by atoms with Gasteiger partial charge in [0.2, 0.25) is 0 Å². The molecule has 2 aromatic carbocycles. The van der Waals surface area contributed by atoms with Crippen LogP contribution in [0.3, 0.4) is 0 Å². The lowest BCUT2D eigenvalue weighted by Crippen LogP contribution is -2.41. The van der Waals surface area contributed by atoms with Gasteiger partial charge in [-0.15, -0.1) is 0 Å². The summed E-state index contributed by atoms with van der Waals surface area (Å²) in [6, 6.07) is 10.4. The van der Waals surface area contributed by atoms with E-state index in [4.69, 9.17) is 4.74 Å². The Morgan fingerprint density at radius 1 is 1.11 bits per heavy atom. The number of aliphatic hydroxyl groups is 1. The molecule has 0 amide bonds. The Kier molecular flexibility index (Phi) is 7.36. The summed E-state index contributed by atoms with van der Waals surface area (Å²) in [6.07, 6.45) is 1.53. The summed E-state index contributed by atoms with van der Waals surface area (Å²) in [7, 11) is 0.551. The molecule has 2 unspecified atom stereocenters. The summed E-state index contributed by atoms with van der Waals surface area (Å²) in [5.74, 6) is -0.711. The average Bonchev–Trinajstić information content (AvgIpc) is 3.39. The monoisotopic (exact) mass is 537 g/mol. The van der Waals surface area contributed by atoms with Crippen molar-refractivity contribution < 1.29 is 19.0 Å². The molecule has 0 aliphatic rings. The fourth-order valence-electron chi connectivity index (χ4n) is 5.91. The highest BCUT2D eigenvalue weighted by molar-refractivity contribution is 6.28. The number of aromatic nitrogens is 3. The number of esters is 1. The van der Waals surface area contributed by atoms with Gasteiger partial charge in [-0.25, -0.2) is 4.39 Å². The molecule has 8 heteroatoms. The van der Waals surface area contributed by atoms with Gasteiger partial charge in [-0.3, -0.25) is 9.89 Å². The lowest BCUT2D eigenvalue weighted by molar-refractivity contribution is -0.154. The summed E-state index contributed by atoms with van der Waals surface area (Å²) in [5.41, 5.74) is 2.81. The first kappa shape index (κ1) is 28.0. The highest BCUT2D eigenvalue weighted by Crippen LogP contribution is 2.55. The molecule has 4 rings (SSSR count). The first-order valence-electron chi connectivity index (χ1n) is 13.4. The van der Waals surface area contributed by atoms with E-state index in [9.17, 15) is 14.3 Å². The highest BCUT2D eigenvalue weighted by atomic mass is 28.1. The number of nitrogens with one attached hydrogen (secondary N) is 1. The van der Waals surface area contributed by atoms with Crippen molar-refractivity contribution in [2.24, 2.45) is 11.8 Å². The molecule has 2 heterocycles. The molecule has 0 aliphatic heterocycles. The molecule has 204 valence electrons. The first-order valence-corrected chi connectivity index (χ1v) is 14.4. The minimum atomic E-state index is -1.27. The van der Waals surface area contributed by atoms with Crippen LogP contribution in [0.15, 0.2) is 42.6 Å². The van der Waals surface area contributed by atoms with Crippen LogP contribution in [0.2, 0.25) is 5.04 Å². The third kappa shape index (κ3) is 4.69. The van der Waals surface area contributed by atoms with Crippen molar-refractivity contribution in [3.63, 3.8) is 0 Å². The van der Waals surface area contributed by atoms with E-state index in [0.717, 1.165) is 33.1 Å². The molecule has 0 saturated carbocycles. The molecule has 0 aliphatic carbocycles. The molecule has 0 saturated heterocycles. The van der Waals surface area contributed by atoms with Crippen LogP contribution in [0.1, 0.15) is 72.6 Å². The fourth-order valence-corrected chi connectivity index (χ4v) is 6.99. The van der Waals surface area contributed by atoms with Crippen LogP contribution in [0, 0.1) is 17.7 Å². The van der Waals surface area contributed by atoms with E-state index in [1.54, 1.807) is 32.2 Å². The zero-order valence-electron chi connectivity index (χ0n) is 23.9. The van der Waals surface area contributed by atoms with E-state index in [-0.39, 0.29) is 35.6 Å². The zero-order valence-corrected chi connectivity index (χ0v) is 25.9. The normalized spacial score (nSPS) is 15.2. The number of nitrogens with zero attached hydrogens (tertiary/aromatic N) is 2. The molecular weight excluding hydrogens is 497 g/mol. The van der Waals surface area contributed by atoms with Crippen molar-refractivity contribution in [2.75, 3.05) is 0 Å². The summed E-state index contributed by atoms with van der Waals surface area (Å²) < 4.78 is 21.9. The number of aromatic amines is 1. The average molecular weight is 538 g/mol.